The van der Waals surface area contributed by atoms with E-state index in [0.29, 0.717) is 19.1 Å². The molecule has 1 unspecified atom stereocenters. The summed E-state index contributed by atoms with van der Waals surface area (Å²) in [5.41, 5.74) is 1.00. The van der Waals surface area contributed by atoms with Crippen LogP contribution in [0.1, 0.15) is 6.92 Å². The number of hydrogen-bond donors (Lipinski definition) is 1. The molecule has 0 saturated heterocycles. The average Bonchev–Trinajstić information content (AvgIpc) is 2.41. The summed E-state index contributed by atoms with van der Waals surface area (Å²) in [4.78, 5) is 4.51. The molecule has 1 aromatic rings. The summed E-state index contributed by atoms with van der Waals surface area (Å²) in [6, 6.07) is 5.90. The van der Waals surface area contributed by atoms with Crippen LogP contribution < -0.4 is 14.8 Å². The molecule has 5 heteroatoms. The van der Waals surface area contributed by atoms with Crippen LogP contribution in [0.25, 0.3) is 0 Å². The van der Waals surface area contributed by atoms with E-state index in [-0.39, 0.29) is 0 Å². The first-order valence-corrected chi connectivity index (χ1v) is 7.14. The maximum Gasteiger partial charge on any atom is 0.163 e. The first-order valence-electron chi connectivity index (χ1n) is 6.15. The fourth-order valence-corrected chi connectivity index (χ4v) is 2.78. The summed E-state index contributed by atoms with van der Waals surface area (Å²) >= 11 is 1.77. The number of amidine groups is 1. The second kappa shape index (κ2) is 5.10. The summed E-state index contributed by atoms with van der Waals surface area (Å²) in [6.07, 6.45) is 0. The highest BCUT2D eigenvalue weighted by Crippen LogP contribution is 2.33. The van der Waals surface area contributed by atoms with Crippen LogP contribution in [0.5, 0.6) is 11.5 Å². The second-order valence-corrected chi connectivity index (χ2v) is 5.55. The summed E-state index contributed by atoms with van der Waals surface area (Å²) in [5, 5.41) is 4.32. The van der Waals surface area contributed by atoms with Gasteiger partial charge in [0, 0.05) is 24.1 Å². The van der Waals surface area contributed by atoms with Gasteiger partial charge in [0.25, 0.3) is 0 Å². The van der Waals surface area contributed by atoms with Crippen molar-refractivity contribution in [3.8, 4) is 11.5 Å². The van der Waals surface area contributed by atoms with Crippen LogP contribution in [0.4, 0.5) is 5.69 Å². The van der Waals surface area contributed by atoms with Crippen molar-refractivity contribution in [2.75, 3.05) is 30.8 Å². The molecule has 2 aliphatic heterocycles. The van der Waals surface area contributed by atoms with E-state index in [9.17, 15) is 0 Å². The van der Waals surface area contributed by atoms with E-state index in [2.05, 4.69) is 17.2 Å². The van der Waals surface area contributed by atoms with Gasteiger partial charge in [-0.3, -0.25) is 4.99 Å². The van der Waals surface area contributed by atoms with Crippen molar-refractivity contribution in [2.45, 2.75) is 6.92 Å². The Labute approximate surface area is 111 Å². The summed E-state index contributed by atoms with van der Waals surface area (Å²) in [7, 11) is 0. The van der Waals surface area contributed by atoms with Crippen LogP contribution in [-0.4, -0.2) is 30.7 Å². The van der Waals surface area contributed by atoms with Crippen molar-refractivity contribution in [1.29, 1.82) is 0 Å². The maximum absolute atomic E-state index is 5.56. The largest absolute Gasteiger partial charge is 0.486 e. The Kier molecular flexibility index (Phi) is 3.32. The van der Waals surface area contributed by atoms with Gasteiger partial charge in [0.2, 0.25) is 0 Å². The molecule has 4 nitrogen and oxygen atoms in total. The lowest BCUT2D eigenvalue weighted by atomic mass is 10.2. The van der Waals surface area contributed by atoms with E-state index >= 15 is 0 Å². The molecule has 0 aliphatic carbocycles. The van der Waals surface area contributed by atoms with Gasteiger partial charge in [-0.25, -0.2) is 0 Å². The summed E-state index contributed by atoms with van der Waals surface area (Å²) < 4.78 is 11.1. The number of rotatable bonds is 1. The van der Waals surface area contributed by atoms with Crippen LogP contribution in [0.3, 0.4) is 0 Å². The van der Waals surface area contributed by atoms with Gasteiger partial charge in [0.15, 0.2) is 16.7 Å². The molecule has 1 aromatic carbocycles. The highest BCUT2D eigenvalue weighted by atomic mass is 32.2. The lowest BCUT2D eigenvalue weighted by molar-refractivity contribution is 0.171. The van der Waals surface area contributed by atoms with Crippen LogP contribution in [0.15, 0.2) is 23.2 Å². The summed E-state index contributed by atoms with van der Waals surface area (Å²) in [6.45, 7) is 4.36. The Morgan fingerprint density at radius 2 is 2.11 bits per heavy atom. The Bertz CT molecular complexity index is 476. The Morgan fingerprint density at radius 3 is 2.89 bits per heavy atom. The van der Waals surface area contributed by atoms with Crippen LogP contribution in [-0.2, 0) is 0 Å². The molecule has 0 amide bonds. The van der Waals surface area contributed by atoms with Gasteiger partial charge < -0.3 is 14.8 Å². The predicted octanol–water partition coefficient (Wildman–Crippen LogP) is 2.61. The van der Waals surface area contributed by atoms with Crippen molar-refractivity contribution < 1.29 is 9.47 Å². The smallest absolute Gasteiger partial charge is 0.163 e. The highest BCUT2D eigenvalue weighted by Gasteiger charge is 2.15. The molecule has 0 radical (unpaired) electrons. The number of thioether (sulfide) groups is 1. The van der Waals surface area contributed by atoms with Crippen LogP contribution in [0.2, 0.25) is 0 Å². The zero-order chi connectivity index (χ0) is 12.4. The topological polar surface area (TPSA) is 42.9 Å². The Hall–Kier alpha value is -1.36. The number of benzene rings is 1. The van der Waals surface area contributed by atoms with Crippen LogP contribution in [0, 0.1) is 5.92 Å². The molecule has 2 heterocycles. The third kappa shape index (κ3) is 2.56. The van der Waals surface area contributed by atoms with Crippen molar-refractivity contribution in [1.82, 2.24) is 0 Å². The fourth-order valence-electron chi connectivity index (χ4n) is 1.88. The van der Waals surface area contributed by atoms with Crippen molar-refractivity contribution in [3.63, 3.8) is 0 Å². The van der Waals surface area contributed by atoms with E-state index in [4.69, 9.17) is 9.47 Å². The molecule has 3 rings (SSSR count). The van der Waals surface area contributed by atoms with Gasteiger partial charge >= 0.3 is 0 Å². The average molecular weight is 264 g/mol. The molecule has 0 fully saturated rings. The van der Waals surface area contributed by atoms with Gasteiger partial charge in [0.1, 0.15) is 13.2 Å². The number of nitrogens with zero attached hydrogens (tertiary/aromatic N) is 1. The van der Waals surface area contributed by atoms with Gasteiger partial charge in [-0.1, -0.05) is 18.7 Å². The van der Waals surface area contributed by atoms with Gasteiger partial charge in [-0.2, -0.15) is 0 Å². The molecular weight excluding hydrogens is 248 g/mol. The van der Waals surface area contributed by atoms with E-state index in [1.807, 2.05) is 18.2 Å². The van der Waals surface area contributed by atoms with Crippen molar-refractivity contribution >= 4 is 22.6 Å². The third-order valence-corrected chi connectivity index (χ3v) is 4.08. The van der Waals surface area contributed by atoms with E-state index < -0.39 is 0 Å². The first kappa shape index (κ1) is 11.7. The minimum atomic E-state index is 0.615. The maximum atomic E-state index is 5.56. The molecule has 0 saturated carbocycles. The number of aliphatic imine (C=N–C) groups is 1. The molecule has 0 bridgehead atoms. The molecular formula is C13H16N2O2S. The molecule has 1 N–H and O–H groups in total. The van der Waals surface area contributed by atoms with E-state index in [0.717, 1.165) is 34.7 Å². The number of hydrogen-bond acceptors (Lipinski definition) is 5. The standard InChI is InChI=1S/C13H16N2O2S/c1-9-7-14-13(18-8-9)15-10-2-3-11-12(6-10)17-5-4-16-11/h2-3,6,9H,4-5,7-8H2,1H3,(H,14,15). The minimum Gasteiger partial charge on any atom is -0.486 e. The minimum absolute atomic E-state index is 0.615. The van der Waals surface area contributed by atoms with Crippen molar-refractivity contribution in [3.05, 3.63) is 18.2 Å². The van der Waals surface area contributed by atoms with E-state index in [1.165, 1.54) is 0 Å². The molecule has 1 atom stereocenters. The van der Waals surface area contributed by atoms with Gasteiger partial charge in [-0.05, 0) is 18.1 Å². The second-order valence-electron chi connectivity index (χ2n) is 4.55. The molecule has 0 aromatic heterocycles. The number of anilines is 1. The molecule has 2 aliphatic rings. The third-order valence-electron chi connectivity index (χ3n) is 2.84. The number of nitrogens with one attached hydrogen (secondary N) is 1. The lowest BCUT2D eigenvalue weighted by Gasteiger charge is -2.21. The highest BCUT2D eigenvalue weighted by molar-refractivity contribution is 8.14. The lowest BCUT2D eigenvalue weighted by Crippen LogP contribution is -2.19. The monoisotopic (exact) mass is 264 g/mol. The Morgan fingerprint density at radius 1 is 1.28 bits per heavy atom. The first-order chi connectivity index (χ1) is 8.81. The number of fused-ring (bicyclic) bond motifs is 1. The zero-order valence-corrected chi connectivity index (χ0v) is 11.1. The molecule has 0 spiro atoms. The molecule has 18 heavy (non-hydrogen) atoms. The quantitative estimate of drug-likeness (QED) is 0.846. The fraction of sp³-hybridized carbons (Fsp3) is 0.462. The summed E-state index contributed by atoms with van der Waals surface area (Å²) in [5.74, 6) is 3.41. The van der Waals surface area contributed by atoms with Crippen molar-refractivity contribution in [2.24, 2.45) is 10.9 Å². The number of ether oxygens (including phenoxy) is 2. The Balaban J connectivity index is 1.73. The van der Waals surface area contributed by atoms with E-state index in [1.54, 1.807) is 11.8 Å². The SMILES string of the molecule is CC1CN=C(Nc2ccc3c(c2)OCCO3)SC1. The normalized spacial score (nSPS) is 22.3. The molecule has 96 valence electrons. The van der Waals surface area contributed by atoms with Gasteiger partial charge in [0.05, 0.1) is 0 Å². The zero-order valence-electron chi connectivity index (χ0n) is 10.3. The van der Waals surface area contributed by atoms with Crippen LogP contribution >= 0.6 is 11.8 Å². The van der Waals surface area contributed by atoms with Gasteiger partial charge in [-0.15, -0.1) is 0 Å². The predicted molar refractivity (Wildman–Crippen MR) is 75.0 cm³/mol.